The fourth-order valence-corrected chi connectivity index (χ4v) is 2.87. The lowest BCUT2D eigenvalue weighted by Gasteiger charge is -2.32. The van der Waals surface area contributed by atoms with Gasteiger partial charge in [0.25, 0.3) is 0 Å². The Bertz CT molecular complexity index is 437. The Morgan fingerprint density at radius 3 is 2.42 bits per heavy atom. The summed E-state index contributed by atoms with van der Waals surface area (Å²) in [6.07, 6.45) is -0.239. The number of rotatable bonds is 3. The van der Waals surface area contributed by atoms with E-state index in [9.17, 15) is 13.2 Å². The van der Waals surface area contributed by atoms with Crippen LogP contribution in [-0.2, 0) is 6.18 Å². The molecule has 5 heteroatoms. The van der Waals surface area contributed by atoms with E-state index in [0.717, 1.165) is 31.7 Å². The summed E-state index contributed by atoms with van der Waals surface area (Å²) >= 11 is 0. The van der Waals surface area contributed by atoms with Crippen molar-refractivity contribution in [1.82, 2.24) is 0 Å². The molecule has 1 fully saturated rings. The molecule has 1 aromatic rings. The van der Waals surface area contributed by atoms with E-state index in [2.05, 4.69) is 0 Å². The van der Waals surface area contributed by atoms with Gasteiger partial charge in [0.2, 0.25) is 0 Å². The van der Waals surface area contributed by atoms with Crippen LogP contribution in [0, 0.1) is 0 Å². The summed E-state index contributed by atoms with van der Waals surface area (Å²) in [6, 6.07) is 4.30. The number of anilines is 2. The van der Waals surface area contributed by atoms with Crippen LogP contribution < -0.4 is 10.6 Å². The third-order valence-corrected chi connectivity index (χ3v) is 3.74. The highest BCUT2D eigenvalue weighted by Gasteiger charge is 2.36. The third kappa shape index (κ3) is 2.96. The number of nitrogens with zero attached hydrogens (tertiary/aromatic N) is 1. The summed E-state index contributed by atoms with van der Waals surface area (Å²) in [5.74, 6) is 0. The van der Waals surface area contributed by atoms with Gasteiger partial charge in [0.15, 0.2) is 0 Å². The zero-order valence-corrected chi connectivity index (χ0v) is 11.0. The molecule has 2 rings (SSSR count). The highest BCUT2D eigenvalue weighted by molar-refractivity contribution is 5.61. The normalized spacial score (nSPS) is 16.8. The predicted octanol–water partition coefficient (Wildman–Crippen LogP) is 4.06. The maximum atomic E-state index is 13.1. The minimum absolute atomic E-state index is 0.151. The van der Waals surface area contributed by atoms with Crippen molar-refractivity contribution in [3.8, 4) is 0 Å². The molecule has 1 aliphatic carbocycles. The second-order valence-corrected chi connectivity index (χ2v) is 5.00. The highest BCUT2D eigenvalue weighted by atomic mass is 19.4. The van der Waals surface area contributed by atoms with Crippen molar-refractivity contribution in [1.29, 1.82) is 0 Å². The highest BCUT2D eigenvalue weighted by Crippen LogP contribution is 2.40. The first-order valence-electron chi connectivity index (χ1n) is 6.67. The van der Waals surface area contributed by atoms with Gasteiger partial charge in [-0.3, -0.25) is 0 Å². The van der Waals surface area contributed by atoms with Crippen LogP contribution in [0.1, 0.15) is 38.2 Å². The molecular formula is C14H19F3N2. The average Bonchev–Trinajstić information content (AvgIpc) is 2.84. The number of nitrogens with two attached hydrogens (primary N) is 1. The minimum Gasteiger partial charge on any atom is -0.399 e. The maximum Gasteiger partial charge on any atom is 0.418 e. The molecule has 0 atom stereocenters. The molecule has 0 radical (unpaired) electrons. The van der Waals surface area contributed by atoms with Crippen LogP contribution in [0.4, 0.5) is 24.5 Å². The van der Waals surface area contributed by atoms with Crippen molar-refractivity contribution in [2.75, 3.05) is 17.2 Å². The lowest BCUT2D eigenvalue weighted by Crippen LogP contribution is -2.34. The van der Waals surface area contributed by atoms with Crippen LogP contribution in [0.25, 0.3) is 0 Å². The van der Waals surface area contributed by atoms with Gasteiger partial charge in [0, 0.05) is 24.0 Å². The Kier molecular flexibility index (Phi) is 3.92. The van der Waals surface area contributed by atoms with E-state index in [1.54, 1.807) is 6.07 Å². The first-order valence-corrected chi connectivity index (χ1v) is 6.67. The number of hydrogen-bond acceptors (Lipinski definition) is 2. The summed E-state index contributed by atoms with van der Waals surface area (Å²) in [6.45, 7) is 2.48. The third-order valence-electron chi connectivity index (χ3n) is 3.74. The molecule has 0 aliphatic heterocycles. The average molecular weight is 272 g/mol. The summed E-state index contributed by atoms with van der Waals surface area (Å²) in [5.41, 5.74) is 5.29. The Labute approximate surface area is 111 Å². The molecule has 0 amide bonds. The van der Waals surface area contributed by atoms with Crippen LogP contribution in [0.15, 0.2) is 18.2 Å². The van der Waals surface area contributed by atoms with E-state index in [1.807, 2.05) is 11.8 Å². The van der Waals surface area contributed by atoms with Crippen molar-refractivity contribution >= 4 is 11.4 Å². The SMILES string of the molecule is CCN(c1ccc(N)cc1C(F)(F)F)C1CCCC1. The summed E-state index contributed by atoms with van der Waals surface area (Å²) in [4.78, 5) is 1.87. The van der Waals surface area contributed by atoms with Gasteiger partial charge in [0.05, 0.1) is 5.56 Å². The summed E-state index contributed by atoms with van der Waals surface area (Å²) in [7, 11) is 0. The van der Waals surface area contributed by atoms with Gasteiger partial charge in [-0.15, -0.1) is 0 Å². The van der Waals surface area contributed by atoms with Gasteiger partial charge in [0.1, 0.15) is 0 Å². The molecule has 1 aromatic carbocycles. The van der Waals surface area contributed by atoms with Gasteiger partial charge in [-0.25, -0.2) is 0 Å². The van der Waals surface area contributed by atoms with Gasteiger partial charge in [-0.05, 0) is 38.0 Å². The van der Waals surface area contributed by atoms with Gasteiger partial charge in [-0.2, -0.15) is 13.2 Å². The molecule has 0 spiro atoms. The lowest BCUT2D eigenvalue weighted by atomic mass is 10.1. The molecule has 0 bridgehead atoms. The van der Waals surface area contributed by atoms with E-state index in [-0.39, 0.29) is 17.4 Å². The van der Waals surface area contributed by atoms with Crippen LogP contribution in [0.2, 0.25) is 0 Å². The summed E-state index contributed by atoms with van der Waals surface area (Å²) < 4.78 is 39.4. The molecule has 1 aliphatic rings. The Morgan fingerprint density at radius 1 is 1.26 bits per heavy atom. The standard InChI is InChI=1S/C14H19F3N2/c1-2-19(11-5-3-4-6-11)13-8-7-10(18)9-12(13)14(15,16)17/h7-9,11H,2-6,18H2,1H3. The second-order valence-electron chi connectivity index (χ2n) is 5.00. The van der Waals surface area contributed by atoms with Crippen LogP contribution in [-0.4, -0.2) is 12.6 Å². The largest absolute Gasteiger partial charge is 0.418 e. The lowest BCUT2D eigenvalue weighted by molar-refractivity contribution is -0.137. The molecule has 0 unspecified atom stereocenters. The van der Waals surface area contributed by atoms with E-state index in [1.165, 1.54) is 6.07 Å². The zero-order valence-electron chi connectivity index (χ0n) is 11.0. The maximum absolute atomic E-state index is 13.1. The van der Waals surface area contributed by atoms with E-state index < -0.39 is 11.7 Å². The van der Waals surface area contributed by atoms with E-state index >= 15 is 0 Å². The predicted molar refractivity (Wildman–Crippen MR) is 71.1 cm³/mol. The molecule has 19 heavy (non-hydrogen) atoms. The van der Waals surface area contributed by atoms with Gasteiger partial charge in [-0.1, -0.05) is 12.8 Å². The topological polar surface area (TPSA) is 29.3 Å². The van der Waals surface area contributed by atoms with Gasteiger partial charge < -0.3 is 10.6 Å². The molecule has 0 aromatic heterocycles. The van der Waals surface area contributed by atoms with E-state index in [4.69, 9.17) is 5.73 Å². The quantitative estimate of drug-likeness (QED) is 0.841. The number of hydrogen-bond donors (Lipinski definition) is 1. The molecule has 106 valence electrons. The number of halogens is 3. The van der Waals surface area contributed by atoms with Crippen LogP contribution in [0.5, 0.6) is 0 Å². The first kappa shape index (κ1) is 14.0. The summed E-state index contributed by atoms with van der Waals surface area (Å²) in [5, 5.41) is 0. The van der Waals surface area contributed by atoms with Crippen molar-refractivity contribution < 1.29 is 13.2 Å². The minimum atomic E-state index is -4.36. The Balaban J connectivity index is 2.41. The van der Waals surface area contributed by atoms with Crippen molar-refractivity contribution in [3.63, 3.8) is 0 Å². The zero-order chi connectivity index (χ0) is 14.0. The first-order chi connectivity index (χ1) is 8.93. The van der Waals surface area contributed by atoms with E-state index in [0.29, 0.717) is 6.54 Å². The number of alkyl halides is 3. The molecular weight excluding hydrogens is 253 g/mol. The fraction of sp³-hybridized carbons (Fsp3) is 0.571. The van der Waals surface area contributed by atoms with Crippen molar-refractivity contribution in [2.45, 2.75) is 44.8 Å². The van der Waals surface area contributed by atoms with Crippen LogP contribution in [0.3, 0.4) is 0 Å². The smallest absolute Gasteiger partial charge is 0.399 e. The molecule has 0 saturated heterocycles. The molecule has 2 nitrogen and oxygen atoms in total. The number of benzene rings is 1. The second kappa shape index (κ2) is 5.31. The van der Waals surface area contributed by atoms with Crippen molar-refractivity contribution in [2.24, 2.45) is 0 Å². The molecule has 1 saturated carbocycles. The van der Waals surface area contributed by atoms with Crippen molar-refractivity contribution in [3.05, 3.63) is 23.8 Å². The fourth-order valence-electron chi connectivity index (χ4n) is 2.87. The number of nitrogen functional groups attached to an aromatic ring is 1. The van der Waals surface area contributed by atoms with Crippen LogP contribution >= 0.6 is 0 Å². The monoisotopic (exact) mass is 272 g/mol. The van der Waals surface area contributed by atoms with Gasteiger partial charge >= 0.3 is 6.18 Å². The molecule has 0 heterocycles. The Morgan fingerprint density at radius 2 is 1.89 bits per heavy atom. The molecule has 2 N–H and O–H groups in total. The Hall–Kier alpha value is -1.39.